The van der Waals surface area contributed by atoms with E-state index in [-0.39, 0.29) is 11.6 Å². The first-order valence-electron chi connectivity index (χ1n) is 21.9. The number of aromatic hydroxyl groups is 4. The average molecular weight is 881 g/mol. The Morgan fingerprint density at radius 3 is 1.68 bits per heavy atom. The standard InChI is InChI=1S/C15H15NO.C12H8O.C8H7NO.C8H8O.C7H7F.C6H6O.C2H6/c1-12-7-8-15-13(9-12)10-16(11-17-15)14-5-3-2-4-6-14;13-8-5-6-11-9-3-1-2-4-10(9)12(11)7-8;1-6-4-8(10)3-2-7(6)5-9;9-8-3-1-2-6-4-5-7(6)8;1-6-2-4-7(8)5-3-6;7-6-4-2-1-3-5-6;1-2/h2-9H,10-11H2,1H3;1-7,13H;2-4,10H,1H3;1-3,9H,4-5H2;2-5H,1H3;1-5,7H;1-2H3. The Bertz CT molecular complexity index is 2770. The zero-order valence-electron chi connectivity index (χ0n) is 38.1. The second kappa shape index (κ2) is 24.7. The molecule has 8 heteroatoms. The summed E-state index contributed by atoms with van der Waals surface area (Å²) in [5.41, 5.74) is 13.7. The van der Waals surface area contributed by atoms with Crippen LogP contribution in [0.2, 0.25) is 0 Å². The molecule has 4 N–H and O–H groups in total. The number of ether oxygens (including phenoxy) is 1. The normalized spacial score (nSPS) is 11.3. The van der Waals surface area contributed by atoms with Gasteiger partial charge >= 0.3 is 0 Å². The van der Waals surface area contributed by atoms with E-state index in [1.54, 1.807) is 67.6 Å². The predicted octanol–water partition coefficient (Wildman–Crippen LogP) is 14.0. The zero-order chi connectivity index (χ0) is 47.4. The topological polar surface area (TPSA) is 117 Å². The Hall–Kier alpha value is -8.02. The number of hydrogen-bond acceptors (Lipinski definition) is 7. The number of rotatable bonds is 1. The summed E-state index contributed by atoms with van der Waals surface area (Å²) >= 11 is 0. The monoisotopic (exact) mass is 880 g/mol. The van der Waals surface area contributed by atoms with E-state index in [0.29, 0.717) is 29.5 Å². The van der Waals surface area contributed by atoms with Crippen molar-refractivity contribution in [1.82, 2.24) is 0 Å². The van der Waals surface area contributed by atoms with E-state index >= 15 is 0 Å². The molecule has 66 heavy (non-hydrogen) atoms. The molecule has 8 aromatic carbocycles. The van der Waals surface area contributed by atoms with Crippen molar-refractivity contribution < 1.29 is 29.6 Å². The molecular weight excluding hydrogens is 824 g/mol. The van der Waals surface area contributed by atoms with Crippen LogP contribution in [0, 0.1) is 37.9 Å². The largest absolute Gasteiger partial charge is 0.508 e. The van der Waals surface area contributed by atoms with Crippen LogP contribution in [0.5, 0.6) is 28.7 Å². The van der Waals surface area contributed by atoms with Crippen LogP contribution in [-0.4, -0.2) is 27.2 Å². The van der Waals surface area contributed by atoms with E-state index < -0.39 is 0 Å². The molecule has 1 heterocycles. The Morgan fingerprint density at radius 2 is 1.12 bits per heavy atom. The molecule has 0 spiro atoms. The highest BCUT2D eigenvalue weighted by Gasteiger charge is 2.21. The molecule has 1 aliphatic heterocycles. The lowest BCUT2D eigenvalue weighted by atomic mass is 9.81. The summed E-state index contributed by atoms with van der Waals surface area (Å²) in [5.74, 6) is 2.18. The number of nitriles is 1. The third kappa shape index (κ3) is 14.0. The van der Waals surface area contributed by atoms with E-state index in [4.69, 9.17) is 25.3 Å². The number of aryl methyl sites for hydroxylation is 4. The van der Waals surface area contributed by atoms with E-state index in [1.807, 2.05) is 69.3 Å². The fourth-order valence-electron chi connectivity index (χ4n) is 7.02. The molecule has 0 saturated heterocycles. The van der Waals surface area contributed by atoms with Gasteiger partial charge in [-0.2, -0.15) is 5.26 Å². The van der Waals surface area contributed by atoms with E-state index in [9.17, 15) is 9.50 Å². The Labute approximate surface area is 388 Å². The number of nitrogens with zero attached hydrogens (tertiary/aromatic N) is 2. The van der Waals surface area contributed by atoms with Gasteiger partial charge in [-0.1, -0.05) is 128 Å². The van der Waals surface area contributed by atoms with Crippen LogP contribution in [0.25, 0.3) is 22.3 Å². The van der Waals surface area contributed by atoms with E-state index in [1.165, 1.54) is 57.3 Å². The Balaban J connectivity index is 0.000000151. The molecule has 0 unspecified atom stereocenters. The zero-order valence-corrected chi connectivity index (χ0v) is 38.1. The maximum atomic E-state index is 12.1. The lowest BCUT2D eigenvalue weighted by Gasteiger charge is -2.30. The molecule has 336 valence electrons. The summed E-state index contributed by atoms with van der Waals surface area (Å²) in [5, 5.41) is 44.5. The fourth-order valence-corrected chi connectivity index (χ4v) is 7.02. The SMILES string of the molecule is CC.Cc1cc(O)ccc1C#N.Cc1ccc(F)cc1.Cc1ccc2c(c1)CN(c1ccccc1)CO2.Oc1ccc2c(c1)-c1ccccc1-2.Oc1cccc2c1CC2.Oc1ccccc1. The highest BCUT2D eigenvalue weighted by Crippen LogP contribution is 2.47. The quantitative estimate of drug-likeness (QED) is 0.130. The Morgan fingerprint density at radius 1 is 0.530 bits per heavy atom. The molecule has 0 bridgehead atoms. The van der Waals surface area contributed by atoms with Crippen molar-refractivity contribution in [1.29, 1.82) is 5.26 Å². The number of benzene rings is 8. The number of halogens is 1. The van der Waals surface area contributed by atoms with Crippen molar-refractivity contribution in [2.45, 2.75) is 54.0 Å². The number of phenolic OH excluding ortho intramolecular Hbond substituents is 4. The molecule has 7 nitrogen and oxygen atoms in total. The molecule has 2 aliphatic carbocycles. The van der Waals surface area contributed by atoms with Gasteiger partial charge in [-0.3, -0.25) is 0 Å². The van der Waals surface area contributed by atoms with Crippen LogP contribution in [0.15, 0.2) is 182 Å². The van der Waals surface area contributed by atoms with Gasteiger partial charge in [0.1, 0.15) is 34.6 Å². The smallest absolute Gasteiger partial charge is 0.161 e. The first-order valence-corrected chi connectivity index (χ1v) is 21.9. The van der Waals surface area contributed by atoms with Crippen LogP contribution < -0.4 is 9.64 Å². The molecule has 3 aliphatic rings. The average Bonchev–Trinajstić information content (AvgIpc) is 3.32. The maximum absolute atomic E-state index is 12.1. The van der Waals surface area contributed by atoms with Gasteiger partial charge in [0.15, 0.2) is 6.73 Å². The molecule has 8 aromatic rings. The first kappa shape index (κ1) is 49.0. The van der Waals surface area contributed by atoms with E-state index in [0.717, 1.165) is 47.4 Å². The maximum Gasteiger partial charge on any atom is 0.161 e. The number of phenols is 4. The van der Waals surface area contributed by atoms with Gasteiger partial charge in [0.2, 0.25) is 0 Å². The third-order valence-corrected chi connectivity index (χ3v) is 10.6. The molecule has 0 amide bonds. The summed E-state index contributed by atoms with van der Waals surface area (Å²) in [6, 6.07) is 58.0. The van der Waals surface area contributed by atoms with Gasteiger partial charge in [-0.05, 0) is 151 Å². The summed E-state index contributed by atoms with van der Waals surface area (Å²) in [6.45, 7) is 11.4. The van der Waals surface area contributed by atoms with Crippen LogP contribution in [0.3, 0.4) is 0 Å². The van der Waals surface area contributed by atoms with Crippen molar-refractivity contribution in [3.63, 3.8) is 0 Å². The molecule has 11 rings (SSSR count). The summed E-state index contributed by atoms with van der Waals surface area (Å²) < 4.78 is 17.9. The molecule has 0 aromatic heterocycles. The second-order valence-electron chi connectivity index (χ2n) is 15.4. The molecular formula is C58H57FN2O5. The Kier molecular flexibility index (Phi) is 18.4. The molecule has 0 radical (unpaired) electrons. The minimum Gasteiger partial charge on any atom is -0.508 e. The number of anilines is 1. The summed E-state index contributed by atoms with van der Waals surface area (Å²) in [6.07, 6.45) is 2.20. The highest BCUT2D eigenvalue weighted by molar-refractivity contribution is 6.02. The van der Waals surface area contributed by atoms with Gasteiger partial charge in [0, 0.05) is 17.8 Å². The van der Waals surface area contributed by atoms with Crippen molar-refractivity contribution in [3.8, 4) is 57.1 Å². The lowest BCUT2D eigenvalue weighted by Crippen LogP contribution is -2.31. The van der Waals surface area contributed by atoms with Crippen molar-refractivity contribution in [3.05, 3.63) is 227 Å². The predicted molar refractivity (Wildman–Crippen MR) is 266 cm³/mol. The van der Waals surface area contributed by atoms with Crippen molar-refractivity contribution >= 4 is 5.69 Å². The third-order valence-electron chi connectivity index (χ3n) is 10.6. The fraction of sp³-hybridized carbons (Fsp3) is 0.155. The minimum absolute atomic E-state index is 0.171. The van der Waals surface area contributed by atoms with Gasteiger partial charge < -0.3 is 30.1 Å². The van der Waals surface area contributed by atoms with Gasteiger partial charge in [-0.15, -0.1) is 0 Å². The lowest BCUT2D eigenvalue weighted by molar-refractivity contribution is 0.289. The van der Waals surface area contributed by atoms with Gasteiger partial charge in [-0.25, -0.2) is 4.39 Å². The van der Waals surface area contributed by atoms with Crippen LogP contribution in [0.1, 0.15) is 52.8 Å². The molecule has 0 fully saturated rings. The minimum atomic E-state index is -0.171. The van der Waals surface area contributed by atoms with E-state index in [2.05, 4.69) is 72.5 Å². The van der Waals surface area contributed by atoms with Gasteiger partial charge in [0.25, 0.3) is 0 Å². The highest BCUT2D eigenvalue weighted by atomic mass is 19.1. The molecule has 0 atom stereocenters. The number of hydrogen-bond donors (Lipinski definition) is 4. The second-order valence-corrected chi connectivity index (χ2v) is 15.4. The van der Waals surface area contributed by atoms with Crippen LogP contribution in [0.4, 0.5) is 10.1 Å². The van der Waals surface area contributed by atoms with Crippen LogP contribution >= 0.6 is 0 Å². The van der Waals surface area contributed by atoms with Crippen molar-refractivity contribution in [2.75, 3.05) is 11.6 Å². The molecule has 0 saturated carbocycles. The number of para-hydroxylation sites is 2. The van der Waals surface area contributed by atoms with Crippen molar-refractivity contribution in [2.24, 2.45) is 0 Å². The summed E-state index contributed by atoms with van der Waals surface area (Å²) in [4.78, 5) is 2.24. The first-order chi connectivity index (χ1) is 32.0. The van der Waals surface area contributed by atoms with Crippen LogP contribution in [-0.2, 0) is 19.4 Å². The number of fused-ring (bicyclic) bond motifs is 6. The summed E-state index contributed by atoms with van der Waals surface area (Å²) in [7, 11) is 0. The van der Waals surface area contributed by atoms with Gasteiger partial charge in [0.05, 0.1) is 11.6 Å².